The standard InChI is InChI=1S/C12H17N5O4/c1-6-9(10(13)20)12(16(2)15-6)17-4-3-14-11(21)7(17)5-8(18)19/h7H,3-5H2,1-2H3,(H2,13,20)(H,14,21)(H,18,19). The Morgan fingerprint density at radius 2 is 2.19 bits per heavy atom. The van der Waals surface area contributed by atoms with Crippen molar-refractivity contribution in [3.63, 3.8) is 0 Å². The topological polar surface area (TPSA) is 131 Å². The number of rotatable bonds is 4. The van der Waals surface area contributed by atoms with Crippen LogP contribution >= 0.6 is 0 Å². The summed E-state index contributed by atoms with van der Waals surface area (Å²) in [5, 5.41) is 15.7. The number of piperazine rings is 1. The quantitative estimate of drug-likeness (QED) is 0.626. The zero-order valence-corrected chi connectivity index (χ0v) is 11.8. The molecular formula is C12H17N5O4. The minimum atomic E-state index is -1.10. The third-order valence-corrected chi connectivity index (χ3v) is 3.41. The van der Waals surface area contributed by atoms with Gasteiger partial charge >= 0.3 is 5.97 Å². The SMILES string of the molecule is Cc1nn(C)c(N2CCNC(=O)C2CC(=O)O)c1C(N)=O. The summed E-state index contributed by atoms with van der Waals surface area (Å²) in [6.45, 7) is 2.38. The number of hydrogen-bond acceptors (Lipinski definition) is 5. The number of anilines is 1. The molecule has 4 N–H and O–H groups in total. The maximum atomic E-state index is 12.0. The van der Waals surface area contributed by atoms with Gasteiger partial charge in [0.15, 0.2) is 0 Å². The Bertz CT molecular complexity index is 609. The smallest absolute Gasteiger partial charge is 0.305 e. The molecule has 9 nitrogen and oxygen atoms in total. The Kier molecular flexibility index (Phi) is 3.83. The summed E-state index contributed by atoms with van der Waals surface area (Å²) in [4.78, 5) is 36.1. The highest BCUT2D eigenvalue weighted by atomic mass is 16.4. The summed E-state index contributed by atoms with van der Waals surface area (Å²) < 4.78 is 1.45. The zero-order valence-electron chi connectivity index (χ0n) is 11.8. The van der Waals surface area contributed by atoms with E-state index in [1.807, 2.05) is 0 Å². The molecule has 1 atom stereocenters. The maximum absolute atomic E-state index is 12.0. The van der Waals surface area contributed by atoms with Crippen LogP contribution in [0.2, 0.25) is 0 Å². The molecule has 0 spiro atoms. The first-order chi connectivity index (χ1) is 9.82. The van der Waals surface area contributed by atoms with Gasteiger partial charge in [-0.3, -0.25) is 19.1 Å². The van der Waals surface area contributed by atoms with Crippen molar-refractivity contribution in [3.8, 4) is 0 Å². The highest BCUT2D eigenvalue weighted by molar-refractivity contribution is 6.00. The molecule has 2 rings (SSSR count). The lowest BCUT2D eigenvalue weighted by Crippen LogP contribution is -2.57. The van der Waals surface area contributed by atoms with Crippen LogP contribution in [0.5, 0.6) is 0 Å². The second-order valence-electron chi connectivity index (χ2n) is 4.87. The summed E-state index contributed by atoms with van der Waals surface area (Å²) in [7, 11) is 1.62. The van der Waals surface area contributed by atoms with E-state index in [9.17, 15) is 14.4 Å². The summed E-state index contributed by atoms with van der Waals surface area (Å²) in [5.41, 5.74) is 6.04. The van der Waals surface area contributed by atoms with Crippen molar-refractivity contribution in [2.45, 2.75) is 19.4 Å². The lowest BCUT2D eigenvalue weighted by molar-refractivity contribution is -0.139. The van der Waals surface area contributed by atoms with Gasteiger partial charge in [0.25, 0.3) is 5.91 Å². The monoisotopic (exact) mass is 295 g/mol. The van der Waals surface area contributed by atoms with E-state index in [2.05, 4.69) is 10.4 Å². The summed E-state index contributed by atoms with van der Waals surface area (Å²) in [5.74, 6) is -1.77. The number of hydrogen-bond donors (Lipinski definition) is 3. The van der Waals surface area contributed by atoms with Gasteiger partial charge in [0, 0.05) is 20.1 Å². The van der Waals surface area contributed by atoms with Crippen LogP contribution in [-0.4, -0.2) is 51.8 Å². The minimum absolute atomic E-state index is 0.211. The van der Waals surface area contributed by atoms with E-state index in [0.717, 1.165) is 0 Å². The normalized spacial score (nSPS) is 18.5. The first-order valence-corrected chi connectivity index (χ1v) is 6.42. The number of nitrogens with zero attached hydrogens (tertiary/aromatic N) is 3. The number of nitrogens with two attached hydrogens (primary N) is 1. The van der Waals surface area contributed by atoms with E-state index in [1.54, 1.807) is 18.9 Å². The number of aromatic nitrogens is 2. The summed E-state index contributed by atoms with van der Waals surface area (Å²) in [6, 6.07) is -0.899. The highest BCUT2D eigenvalue weighted by Crippen LogP contribution is 2.26. The molecule has 0 aliphatic carbocycles. The molecule has 9 heteroatoms. The largest absolute Gasteiger partial charge is 0.481 e. The highest BCUT2D eigenvalue weighted by Gasteiger charge is 2.36. The molecule has 1 aliphatic rings. The maximum Gasteiger partial charge on any atom is 0.305 e. The third kappa shape index (κ3) is 2.67. The van der Waals surface area contributed by atoms with Gasteiger partial charge in [0.05, 0.1) is 12.1 Å². The molecule has 0 bridgehead atoms. The van der Waals surface area contributed by atoms with Crippen LogP contribution in [0.3, 0.4) is 0 Å². The van der Waals surface area contributed by atoms with Crippen LogP contribution in [0.1, 0.15) is 22.5 Å². The minimum Gasteiger partial charge on any atom is -0.481 e. The number of aliphatic carboxylic acids is 1. The Hall–Kier alpha value is -2.58. The molecule has 0 radical (unpaired) electrons. The van der Waals surface area contributed by atoms with E-state index in [-0.39, 0.29) is 12.0 Å². The van der Waals surface area contributed by atoms with Crippen LogP contribution in [-0.2, 0) is 16.6 Å². The lowest BCUT2D eigenvalue weighted by atomic mass is 10.1. The molecule has 1 saturated heterocycles. The van der Waals surface area contributed by atoms with Gasteiger partial charge in [0.2, 0.25) is 5.91 Å². The van der Waals surface area contributed by atoms with Crippen LogP contribution in [0, 0.1) is 6.92 Å². The van der Waals surface area contributed by atoms with Crippen molar-refractivity contribution >= 4 is 23.6 Å². The van der Waals surface area contributed by atoms with Crippen LogP contribution in [0.15, 0.2) is 0 Å². The Morgan fingerprint density at radius 3 is 2.76 bits per heavy atom. The number of carboxylic acid groups (broad SMARTS) is 1. The van der Waals surface area contributed by atoms with Crippen molar-refractivity contribution < 1.29 is 19.5 Å². The van der Waals surface area contributed by atoms with Crippen molar-refractivity contribution in [1.82, 2.24) is 15.1 Å². The van der Waals surface area contributed by atoms with Gasteiger partial charge < -0.3 is 21.1 Å². The second kappa shape index (κ2) is 5.43. The van der Waals surface area contributed by atoms with E-state index >= 15 is 0 Å². The van der Waals surface area contributed by atoms with Crippen molar-refractivity contribution in [1.29, 1.82) is 0 Å². The number of carboxylic acids is 1. The molecule has 114 valence electrons. The Labute approximate surface area is 120 Å². The number of amides is 2. The number of nitrogens with one attached hydrogen (secondary N) is 1. The molecule has 1 unspecified atom stereocenters. The molecule has 1 aliphatic heterocycles. The Morgan fingerprint density at radius 1 is 1.52 bits per heavy atom. The molecule has 1 aromatic rings. The number of carbonyl (C=O) groups is 3. The first-order valence-electron chi connectivity index (χ1n) is 6.42. The predicted octanol–water partition coefficient (Wildman–Crippen LogP) is -1.39. The molecule has 21 heavy (non-hydrogen) atoms. The average Bonchev–Trinajstić information content (AvgIpc) is 2.66. The molecule has 0 aromatic carbocycles. The van der Waals surface area contributed by atoms with Crippen LogP contribution in [0.4, 0.5) is 5.82 Å². The first kappa shape index (κ1) is 14.8. The van der Waals surface area contributed by atoms with Gasteiger partial charge in [-0.15, -0.1) is 0 Å². The van der Waals surface area contributed by atoms with Crippen molar-refractivity contribution in [2.75, 3.05) is 18.0 Å². The van der Waals surface area contributed by atoms with E-state index in [0.29, 0.717) is 24.6 Å². The molecule has 2 heterocycles. The zero-order chi connectivity index (χ0) is 15.7. The van der Waals surface area contributed by atoms with Gasteiger partial charge in [-0.1, -0.05) is 0 Å². The molecule has 1 aromatic heterocycles. The van der Waals surface area contributed by atoms with E-state index in [4.69, 9.17) is 10.8 Å². The van der Waals surface area contributed by atoms with Crippen LogP contribution in [0.25, 0.3) is 0 Å². The van der Waals surface area contributed by atoms with Crippen molar-refractivity contribution in [2.24, 2.45) is 12.8 Å². The fraction of sp³-hybridized carbons (Fsp3) is 0.500. The fourth-order valence-electron chi connectivity index (χ4n) is 2.60. The van der Waals surface area contributed by atoms with Gasteiger partial charge in [0.1, 0.15) is 17.4 Å². The second-order valence-corrected chi connectivity index (χ2v) is 4.87. The third-order valence-electron chi connectivity index (χ3n) is 3.41. The molecule has 1 fully saturated rings. The average molecular weight is 295 g/mol. The van der Waals surface area contributed by atoms with Crippen LogP contribution < -0.4 is 16.0 Å². The number of aryl methyl sites for hydroxylation is 2. The summed E-state index contributed by atoms with van der Waals surface area (Å²) in [6.07, 6.45) is -0.367. The predicted molar refractivity (Wildman–Crippen MR) is 72.9 cm³/mol. The number of carbonyl (C=O) groups excluding carboxylic acids is 2. The van der Waals surface area contributed by atoms with Gasteiger partial charge in [-0.05, 0) is 6.92 Å². The molecular weight excluding hydrogens is 278 g/mol. The van der Waals surface area contributed by atoms with E-state index in [1.165, 1.54) is 4.68 Å². The Balaban J connectivity index is 2.49. The number of primary amides is 1. The lowest BCUT2D eigenvalue weighted by Gasteiger charge is -2.36. The fourth-order valence-corrected chi connectivity index (χ4v) is 2.60. The molecule has 2 amide bonds. The van der Waals surface area contributed by atoms with Gasteiger partial charge in [-0.2, -0.15) is 5.10 Å². The van der Waals surface area contributed by atoms with E-state index < -0.39 is 23.8 Å². The van der Waals surface area contributed by atoms with Crippen molar-refractivity contribution in [3.05, 3.63) is 11.3 Å². The summed E-state index contributed by atoms with van der Waals surface area (Å²) >= 11 is 0. The van der Waals surface area contributed by atoms with Gasteiger partial charge in [-0.25, -0.2) is 0 Å². The molecule has 0 saturated carbocycles.